The maximum Gasteiger partial charge on any atom is -0.00827 e. The highest BCUT2D eigenvalue weighted by atomic mass is 14.6. The lowest BCUT2D eigenvalue weighted by atomic mass is 9.51. The molecule has 1 saturated carbocycles. The van der Waals surface area contributed by atoms with E-state index < -0.39 is 0 Å². The first-order valence-corrected chi connectivity index (χ1v) is 6.53. The first-order chi connectivity index (χ1) is 6.83. The van der Waals surface area contributed by atoms with Crippen LogP contribution in [0.2, 0.25) is 0 Å². The van der Waals surface area contributed by atoms with Crippen LogP contribution in [-0.4, -0.2) is 0 Å². The fourth-order valence-corrected chi connectivity index (χ4v) is 4.47. The van der Waals surface area contributed by atoms with Crippen LogP contribution >= 0.6 is 0 Å². The van der Waals surface area contributed by atoms with E-state index in [-0.39, 0.29) is 0 Å². The van der Waals surface area contributed by atoms with Crippen molar-refractivity contribution in [3.63, 3.8) is 0 Å². The quantitative estimate of drug-likeness (QED) is 0.492. The molecule has 2 aliphatic carbocycles. The van der Waals surface area contributed by atoms with Crippen LogP contribution in [0.25, 0.3) is 0 Å². The summed E-state index contributed by atoms with van der Waals surface area (Å²) in [6.45, 7) is 12.2. The Bertz CT molecular complexity index is 285. The van der Waals surface area contributed by atoms with Gasteiger partial charge in [0.1, 0.15) is 0 Å². The van der Waals surface area contributed by atoms with Gasteiger partial charge in [-0.2, -0.15) is 0 Å². The topological polar surface area (TPSA) is 0 Å². The van der Waals surface area contributed by atoms with Crippen molar-refractivity contribution in [3.05, 3.63) is 11.6 Å². The molecule has 0 nitrogen and oxygen atoms in total. The van der Waals surface area contributed by atoms with E-state index in [9.17, 15) is 0 Å². The molecule has 1 fully saturated rings. The van der Waals surface area contributed by atoms with Gasteiger partial charge in [-0.1, -0.05) is 58.6 Å². The molecular formula is C15H26. The second-order valence-corrected chi connectivity index (χ2v) is 6.82. The molecule has 86 valence electrons. The average molecular weight is 206 g/mol. The standard InChI is InChI=1S/C15H26/c1-12-11-13(2,3)15(14(12,4)5)9-7-6-8-10-15/h11H,6-10H2,1-5H3. The number of hydrogen-bond acceptors (Lipinski definition) is 0. The maximum absolute atomic E-state index is 2.55. The summed E-state index contributed by atoms with van der Waals surface area (Å²) < 4.78 is 0. The van der Waals surface area contributed by atoms with Gasteiger partial charge in [-0.05, 0) is 36.0 Å². The molecule has 0 aromatic carbocycles. The van der Waals surface area contributed by atoms with E-state index in [0.717, 1.165) is 0 Å². The minimum absolute atomic E-state index is 0.404. The fraction of sp³-hybridized carbons (Fsp3) is 0.867. The molecule has 0 unspecified atom stereocenters. The van der Waals surface area contributed by atoms with Crippen molar-refractivity contribution in [2.24, 2.45) is 16.2 Å². The van der Waals surface area contributed by atoms with Crippen LogP contribution < -0.4 is 0 Å². The predicted molar refractivity (Wildman–Crippen MR) is 66.8 cm³/mol. The molecule has 2 rings (SSSR count). The molecule has 0 aromatic heterocycles. The Hall–Kier alpha value is -0.260. The van der Waals surface area contributed by atoms with E-state index in [1.165, 1.54) is 32.1 Å². The van der Waals surface area contributed by atoms with Gasteiger partial charge in [-0.25, -0.2) is 0 Å². The van der Waals surface area contributed by atoms with Crippen molar-refractivity contribution in [2.75, 3.05) is 0 Å². The molecule has 0 bridgehead atoms. The summed E-state index contributed by atoms with van der Waals surface area (Å²) in [6.07, 6.45) is 9.74. The summed E-state index contributed by atoms with van der Waals surface area (Å²) in [5.74, 6) is 0. The lowest BCUT2D eigenvalue weighted by Crippen LogP contribution is -2.45. The molecule has 0 aliphatic heterocycles. The van der Waals surface area contributed by atoms with Crippen molar-refractivity contribution < 1.29 is 0 Å². The monoisotopic (exact) mass is 206 g/mol. The van der Waals surface area contributed by atoms with Crippen LogP contribution in [0, 0.1) is 16.2 Å². The molecule has 15 heavy (non-hydrogen) atoms. The number of rotatable bonds is 0. The summed E-state index contributed by atoms with van der Waals surface area (Å²) in [7, 11) is 0. The second kappa shape index (κ2) is 3.12. The Balaban J connectivity index is 2.45. The third kappa shape index (κ3) is 1.26. The molecule has 0 aromatic rings. The molecule has 0 atom stereocenters. The molecule has 0 radical (unpaired) electrons. The van der Waals surface area contributed by atoms with E-state index in [1.807, 2.05) is 0 Å². The van der Waals surface area contributed by atoms with E-state index in [0.29, 0.717) is 16.2 Å². The van der Waals surface area contributed by atoms with Crippen LogP contribution in [0.5, 0.6) is 0 Å². The van der Waals surface area contributed by atoms with Crippen molar-refractivity contribution in [1.29, 1.82) is 0 Å². The largest absolute Gasteiger partial charge is 0.0788 e. The minimum Gasteiger partial charge on any atom is -0.0788 e. The Morgan fingerprint density at radius 2 is 1.47 bits per heavy atom. The summed E-state index contributed by atoms with van der Waals surface area (Å²) >= 11 is 0. The average Bonchev–Trinajstić information content (AvgIpc) is 2.28. The van der Waals surface area contributed by atoms with E-state index in [1.54, 1.807) is 5.57 Å². The van der Waals surface area contributed by atoms with Crippen molar-refractivity contribution in [1.82, 2.24) is 0 Å². The zero-order valence-electron chi connectivity index (χ0n) is 11.1. The van der Waals surface area contributed by atoms with Crippen molar-refractivity contribution in [2.45, 2.75) is 66.7 Å². The van der Waals surface area contributed by atoms with Gasteiger partial charge in [-0.3, -0.25) is 0 Å². The zero-order chi connectivity index (χ0) is 11.3. The summed E-state index contributed by atoms with van der Waals surface area (Å²) in [5, 5.41) is 0. The second-order valence-electron chi connectivity index (χ2n) is 6.82. The smallest absolute Gasteiger partial charge is 0.00827 e. The predicted octanol–water partition coefficient (Wildman–Crippen LogP) is 4.95. The molecule has 1 spiro atoms. The van der Waals surface area contributed by atoms with E-state index >= 15 is 0 Å². The Labute approximate surface area is 95.1 Å². The van der Waals surface area contributed by atoms with Gasteiger partial charge in [0.15, 0.2) is 0 Å². The Morgan fingerprint density at radius 1 is 0.933 bits per heavy atom. The fourth-order valence-electron chi connectivity index (χ4n) is 4.47. The lowest BCUT2D eigenvalue weighted by Gasteiger charge is -2.53. The van der Waals surface area contributed by atoms with Gasteiger partial charge in [0.05, 0.1) is 0 Å². The SMILES string of the molecule is CC1=CC(C)(C)C2(CCCCC2)C1(C)C. The molecular weight excluding hydrogens is 180 g/mol. The maximum atomic E-state index is 2.55. The highest BCUT2D eigenvalue weighted by molar-refractivity contribution is 5.30. The molecule has 0 heterocycles. The Kier molecular flexibility index (Phi) is 2.34. The van der Waals surface area contributed by atoms with Gasteiger partial charge in [0.2, 0.25) is 0 Å². The summed E-state index contributed by atoms with van der Waals surface area (Å²) in [6, 6.07) is 0. The third-order valence-electron chi connectivity index (χ3n) is 5.70. The first kappa shape index (κ1) is 11.2. The van der Waals surface area contributed by atoms with E-state index in [4.69, 9.17) is 0 Å². The molecule has 0 saturated heterocycles. The Morgan fingerprint density at radius 3 is 1.87 bits per heavy atom. The lowest BCUT2D eigenvalue weighted by molar-refractivity contribution is -0.0159. The number of hydrogen-bond donors (Lipinski definition) is 0. The highest BCUT2D eigenvalue weighted by Crippen LogP contribution is 2.67. The number of allylic oxidation sites excluding steroid dienone is 2. The highest BCUT2D eigenvalue weighted by Gasteiger charge is 2.58. The van der Waals surface area contributed by atoms with Crippen LogP contribution in [0.1, 0.15) is 66.7 Å². The van der Waals surface area contributed by atoms with Gasteiger partial charge in [0, 0.05) is 0 Å². The van der Waals surface area contributed by atoms with Crippen LogP contribution in [0.15, 0.2) is 11.6 Å². The van der Waals surface area contributed by atoms with Crippen molar-refractivity contribution >= 4 is 0 Å². The summed E-state index contributed by atoms with van der Waals surface area (Å²) in [4.78, 5) is 0. The normalized spacial score (nSPS) is 31.7. The molecule has 2 aliphatic rings. The summed E-state index contributed by atoms with van der Waals surface area (Å²) in [5.41, 5.74) is 2.98. The molecule has 0 amide bonds. The van der Waals surface area contributed by atoms with Gasteiger partial charge in [0.25, 0.3) is 0 Å². The first-order valence-electron chi connectivity index (χ1n) is 6.53. The van der Waals surface area contributed by atoms with Crippen molar-refractivity contribution in [3.8, 4) is 0 Å². The molecule has 0 N–H and O–H groups in total. The van der Waals surface area contributed by atoms with E-state index in [2.05, 4.69) is 40.7 Å². The van der Waals surface area contributed by atoms with Crippen LogP contribution in [-0.2, 0) is 0 Å². The van der Waals surface area contributed by atoms with Gasteiger partial charge < -0.3 is 0 Å². The van der Waals surface area contributed by atoms with Crippen LogP contribution in [0.3, 0.4) is 0 Å². The zero-order valence-corrected chi connectivity index (χ0v) is 11.1. The molecule has 0 heteroatoms. The van der Waals surface area contributed by atoms with Gasteiger partial charge in [-0.15, -0.1) is 0 Å². The third-order valence-corrected chi connectivity index (χ3v) is 5.70. The van der Waals surface area contributed by atoms with Crippen LogP contribution in [0.4, 0.5) is 0 Å². The minimum atomic E-state index is 0.404. The van der Waals surface area contributed by atoms with Gasteiger partial charge >= 0.3 is 0 Å².